The molecule has 0 aliphatic carbocycles. The number of amides is 2. The number of nitro benzene ring substituents is 1. The van der Waals surface area contributed by atoms with E-state index in [4.69, 9.17) is 0 Å². The van der Waals surface area contributed by atoms with E-state index < -0.39 is 22.3 Å². The van der Waals surface area contributed by atoms with Gasteiger partial charge in [0.1, 0.15) is 0 Å². The summed E-state index contributed by atoms with van der Waals surface area (Å²) >= 11 is 0. The number of anilines is 2. The number of carbonyl (C=O) groups is 2. The van der Waals surface area contributed by atoms with Gasteiger partial charge in [-0.1, -0.05) is 67.6 Å². The Labute approximate surface area is 220 Å². The minimum absolute atomic E-state index is 0.00830. The van der Waals surface area contributed by atoms with Crippen molar-refractivity contribution in [3.8, 4) is 0 Å². The fraction of sp³-hybridized carbons (Fsp3) is 0.241. The van der Waals surface area contributed by atoms with E-state index in [2.05, 4.69) is 0 Å². The number of non-ortho nitro benzene ring substituents is 1. The number of aliphatic hydroxyl groups excluding tert-OH is 1. The second kappa shape index (κ2) is 11.4. The highest BCUT2D eigenvalue weighted by molar-refractivity contribution is 6.12. The highest BCUT2D eigenvalue weighted by atomic mass is 16.6. The van der Waals surface area contributed by atoms with Crippen LogP contribution in [0.15, 0.2) is 91.0 Å². The summed E-state index contributed by atoms with van der Waals surface area (Å²) in [5.41, 5.74) is -0.368. The molecular formula is C29H29N3O6. The van der Waals surface area contributed by atoms with E-state index in [-0.39, 0.29) is 36.7 Å². The van der Waals surface area contributed by atoms with Gasteiger partial charge >= 0.3 is 0 Å². The van der Waals surface area contributed by atoms with E-state index in [1.165, 1.54) is 28.0 Å². The number of fused-ring (bicyclic) bond motifs is 1. The maximum atomic E-state index is 13.7. The smallest absolute Gasteiger partial charge is 0.269 e. The molecular weight excluding hydrogens is 486 g/mol. The summed E-state index contributed by atoms with van der Waals surface area (Å²) in [7, 11) is 0. The number of rotatable bonds is 10. The van der Waals surface area contributed by atoms with E-state index in [0.717, 1.165) is 5.56 Å². The van der Waals surface area contributed by atoms with Crippen LogP contribution in [-0.4, -0.2) is 45.0 Å². The number of nitro groups is 1. The van der Waals surface area contributed by atoms with Crippen LogP contribution in [0.4, 0.5) is 17.1 Å². The van der Waals surface area contributed by atoms with Crippen LogP contribution in [0.3, 0.4) is 0 Å². The van der Waals surface area contributed by atoms with Crippen LogP contribution in [0.25, 0.3) is 0 Å². The maximum absolute atomic E-state index is 13.7. The Balaban J connectivity index is 1.59. The van der Waals surface area contributed by atoms with Crippen molar-refractivity contribution in [3.63, 3.8) is 0 Å². The fourth-order valence-electron chi connectivity index (χ4n) is 4.66. The van der Waals surface area contributed by atoms with Crippen LogP contribution in [-0.2, 0) is 21.7 Å². The molecule has 9 heteroatoms. The monoisotopic (exact) mass is 515 g/mol. The van der Waals surface area contributed by atoms with Crippen LogP contribution in [0.5, 0.6) is 0 Å². The molecule has 0 saturated heterocycles. The van der Waals surface area contributed by atoms with Gasteiger partial charge in [-0.25, -0.2) is 0 Å². The third kappa shape index (κ3) is 5.20. The van der Waals surface area contributed by atoms with Gasteiger partial charge < -0.3 is 15.1 Å². The number of nitrogens with zero attached hydrogens (tertiary/aromatic N) is 3. The molecule has 0 unspecified atom stereocenters. The van der Waals surface area contributed by atoms with Crippen molar-refractivity contribution in [2.24, 2.45) is 5.92 Å². The molecule has 9 nitrogen and oxygen atoms in total. The van der Waals surface area contributed by atoms with E-state index in [1.54, 1.807) is 49.4 Å². The van der Waals surface area contributed by atoms with Crippen LogP contribution in [0, 0.1) is 16.0 Å². The zero-order valence-electron chi connectivity index (χ0n) is 20.9. The summed E-state index contributed by atoms with van der Waals surface area (Å²) in [6.45, 7) is 1.96. The van der Waals surface area contributed by atoms with Gasteiger partial charge in [-0.15, -0.1) is 0 Å². The molecule has 2 amide bonds. The second-order valence-corrected chi connectivity index (χ2v) is 9.15. The first kappa shape index (κ1) is 26.7. The Kier molecular flexibility index (Phi) is 7.99. The first-order valence-electron chi connectivity index (χ1n) is 12.3. The third-order valence-corrected chi connectivity index (χ3v) is 6.70. The summed E-state index contributed by atoms with van der Waals surface area (Å²) in [5.74, 6) is -1.66. The van der Waals surface area contributed by atoms with Crippen LogP contribution >= 0.6 is 0 Å². The van der Waals surface area contributed by atoms with Crippen LogP contribution < -0.4 is 4.90 Å². The van der Waals surface area contributed by atoms with Gasteiger partial charge in [0.2, 0.25) is 5.91 Å². The minimum Gasteiger partial charge on any atom is -0.395 e. The lowest BCUT2D eigenvalue weighted by molar-refractivity contribution is -0.385. The second-order valence-electron chi connectivity index (χ2n) is 9.15. The molecule has 1 aliphatic rings. The molecule has 2 atom stereocenters. The van der Waals surface area contributed by atoms with Gasteiger partial charge in [0.15, 0.2) is 5.60 Å². The summed E-state index contributed by atoms with van der Waals surface area (Å²) in [6, 6.07) is 22.2. The van der Waals surface area contributed by atoms with Gasteiger partial charge in [0.25, 0.3) is 11.6 Å². The molecule has 38 heavy (non-hydrogen) atoms. The van der Waals surface area contributed by atoms with Crippen molar-refractivity contribution in [2.45, 2.75) is 25.5 Å². The summed E-state index contributed by atoms with van der Waals surface area (Å²) in [4.78, 5) is 40.3. The van der Waals surface area contributed by atoms with E-state index in [1.807, 2.05) is 30.3 Å². The first-order valence-corrected chi connectivity index (χ1v) is 12.3. The third-order valence-electron chi connectivity index (χ3n) is 6.70. The molecule has 3 aromatic carbocycles. The maximum Gasteiger partial charge on any atom is 0.269 e. The summed E-state index contributed by atoms with van der Waals surface area (Å²) < 4.78 is 0. The number of benzene rings is 3. The molecule has 0 aromatic heterocycles. The quantitative estimate of drug-likeness (QED) is 0.238. The Morgan fingerprint density at radius 3 is 2.39 bits per heavy atom. The Morgan fingerprint density at radius 2 is 1.76 bits per heavy atom. The number of carbonyl (C=O) groups excluding carboxylic acids is 2. The Hall–Kier alpha value is -4.34. The van der Waals surface area contributed by atoms with E-state index >= 15 is 0 Å². The lowest BCUT2D eigenvalue weighted by atomic mass is 9.82. The highest BCUT2D eigenvalue weighted by Crippen LogP contribution is 2.49. The normalized spacial score (nSPS) is 17.4. The molecule has 4 rings (SSSR count). The van der Waals surface area contributed by atoms with E-state index in [9.17, 15) is 29.9 Å². The predicted octanol–water partition coefficient (Wildman–Crippen LogP) is 4.06. The SMILES string of the molecule is C[C@H](/C=C/CC(=O)N(CCO)Cc1ccccc1)[C@@]1(O)C(=O)N(c2ccccc2)c2ccc([N+](=O)[O-])cc21. The van der Waals surface area contributed by atoms with Gasteiger partial charge in [0, 0.05) is 48.8 Å². The molecule has 0 saturated carbocycles. The van der Waals surface area contributed by atoms with E-state index in [0.29, 0.717) is 17.9 Å². The number of aliphatic hydroxyl groups is 2. The van der Waals surface area contributed by atoms with Crippen molar-refractivity contribution in [1.82, 2.24) is 4.90 Å². The average Bonchev–Trinajstić information content (AvgIpc) is 3.16. The lowest BCUT2D eigenvalue weighted by Gasteiger charge is -2.27. The van der Waals surface area contributed by atoms with Crippen LogP contribution in [0.1, 0.15) is 24.5 Å². The number of para-hydroxylation sites is 1. The van der Waals surface area contributed by atoms with Crippen molar-refractivity contribution < 1.29 is 24.7 Å². The molecule has 1 aliphatic heterocycles. The highest BCUT2D eigenvalue weighted by Gasteiger charge is 2.53. The Morgan fingerprint density at radius 1 is 1.11 bits per heavy atom. The zero-order chi connectivity index (χ0) is 27.3. The Bertz CT molecular complexity index is 1340. The summed E-state index contributed by atoms with van der Waals surface area (Å²) in [5, 5.41) is 32.7. The van der Waals surface area contributed by atoms with Crippen molar-refractivity contribution in [3.05, 3.63) is 112 Å². The lowest BCUT2D eigenvalue weighted by Crippen LogP contribution is -2.42. The molecule has 0 bridgehead atoms. The predicted molar refractivity (Wildman–Crippen MR) is 142 cm³/mol. The van der Waals surface area contributed by atoms with Crippen molar-refractivity contribution in [1.29, 1.82) is 0 Å². The molecule has 3 aromatic rings. The molecule has 0 radical (unpaired) electrons. The molecule has 0 spiro atoms. The largest absolute Gasteiger partial charge is 0.395 e. The topological polar surface area (TPSA) is 124 Å². The molecule has 0 fully saturated rings. The number of hydrogen-bond donors (Lipinski definition) is 2. The minimum atomic E-state index is -2.08. The zero-order valence-corrected chi connectivity index (χ0v) is 20.9. The molecule has 1 heterocycles. The van der Waals surface area contributed by atoms with Gasteiger partial charge in [-0.3, -0.25) is 24.6 Å². The van der Waals surface area contributed by atoms with Gasteiger partial charge in [-0.05, 0) is 23.8 Å². The van der Waals surface area contributed by atoms with Crippen molar-refractivity contribution >= 4 is 28.9 Å². The fourth-order valence-corrected chi connectivity index (χ4v) is 4.66. The first-order chi connectivity index (χ1) is 18.3. The summed E-state index contributed by atoms with van der Waals surface area (Å²) in [6.07, 6.45) is 3.15. The van der Waals surface area contributed by atoms with Gasteiger partial charge in [0.05, 0.1) is 17.2 Å². The van der Waals surface area contributed by atoms with Crippen LogP contribution in [0.2, 0.25) is 0 Å². The van der Waals surface area contributed by atoms with Gasteiger partial charge in [-0.2, -0.15) is 0 Å². The number of hydrogen-bond acceptors (Lipinski definition) is 6. The molecule has 2 N–H and O–H groups in total. The van der Waals surface area contributed by atoms with Crippen molar-refractivity contribution in [2.75, 3.05) is 18.1 Å². The molecule has 196 valence electrons. The standard InChI is InChI=1S/C29H29N3O6/c1-21(9-8-14-27(34)30(17-18-33)20-22-10-4-2-5-11-22)29(36)25-19-24(32(37)38)15-16-26(25)31(28(29)35)23-12-6-3-7-13-23/h2-13,15-16,19,21,33,36H,14,17-18,20H2,1H3/b9-8+/t21-,29+/m1/s1. The average molecular weight is 516 g/mol.